The highest BCUT2D eigenvalue weighted by Crippen LogP contribution is 2.29. The van der Waals surface area contributed by atoms with E-state index in [1.807, 2.05) is 45.0 Å². The number of nitrogens with one attached hydrogen (secondary N) is 2. The molecule has 136 valence electrons. The van der Waals surface area contributed by atoms with Crippen molar-refractivity contribution < 1.29 is 19.4 Å². The van der Waals surface area contributed by atoms with Crippen LogP contribution >= 0.6 is 0 Å². The van der Waals surface area contributed by atoms with Gasteiger partial charge < -0.3 is 20.1 Å². The van der Waals surface area contributed by atoms with Gasteiger partial charge in [0.1, 0.15) is 5.60 Å². The highest BCUT2D eigenvalue weighted by molar-refractivity contribution is 5.89. The molecule has 0 saturated heterocycles. The lowest BCUT2D eigenvalue weighted by molar-refractivity contribution is -0.139. The Morgan fingerprint density at radius 2 is 1.96 bits per heavy atom. The summed E-state index contributed by atoms with van der Waals surface area (Å²) in [5, 5.41) is 13.2. The molecule has 1 unspecified atom stereocenters. The van der Waals surface area contributed by atoms with Gasteiger partial charge in [-0.15, -0.1) is 0 Å². The molecule has 0 aliphatic heterocycles. The standard InChI is InChI=1S/C19H26N2O4/c1-19(2,3)25-18(24)20-11-7-6-9-14(17(22)23)15-12-21-16-10-5-4-8-13(15)16/h4-5,8,10,12,14,21H,6-7,9,11H2,1-3H3,(H,20,24)(H,22,23). The Hall–Kier alpha value is -2.50. The number of rotatable bonds is 7. The quantitative estimate of drug-likeness (QED) is 0.660. The van der Waals surface area contributed by atoms with Crippen LogP contribution in [0.3, 0.4) is 0 Å². The SMILES string of the molecule is CC(C)(C)OC(=O)NCCCCC(C(=O)O)c1c[nH]c2ccccc12. The normalized spacial score (nSPS) is 12.8. The molecule has 3 N–H and O–H groups in total. The van der Waals surface area contributed by atoms with Gasteiger partial charge in [0.15, 0.2) is 0 Å². The van der Waals surface area contributed by atoms with Crippen LogP contribution in [0.5, 0.6) is 0 Å². The van der Waals surface area contributed by atoms with Crippen LogP contribution in [0.25, 0.3) is 10.9 Å². The number of fused-ring (bicyclic) bond motifs is 1. The monoisotopic (exact) mass is 346 g/mol. The van der Waals surface area contributed by atoms with Crippen molar-refractivity contribution in [3.8, 4) is 0 Å². The largest absolute Gasteiger partial charge is 0.481 e. The lowest BCUT2D eigenvalue weighted by atomic mass is 9.93. The number of carboxylic acid groups (broad SMARTS) is 1. The van der Waals surface area contributed by atoms with Gasteiger partial charge in [0.2, 0.25) is 0 Å². The van der Waals surface area contributed by atoms with Gasteiger partial charge >= 0.3 is 12.1 Å². The Morgan fingerprint density at radius 1 is 1.24 bits per heavy atom. The summed E-state index contributed by atoms with van der Waals surface area (Å²) in [6.07, 6.45) is 3.26. The fourth-order valence-electron chi connectivity index (χ4n) is 2.77. The number of amides is 1. The number of carbonyl (C=O) groups excluding carboxylic acids is 1. The number of H-pyrrole nitrogens is 1. The molecule has 2 aromatic rings. The van der Waals surface area contributed by atoms with Crippen molar-refractivity contribution in [1.29, 1.82) is 0 Å². The summed E-state index contributed by atoms with van der Waals surface area (Å²) in [6, 6.07) is 7.69. The average molecular weight is 346 g/mol. The lowest BCUT2D eigenvalue weighted by Gasteiger charge is -2.19. The van der Waals surface area contributed by atoms with E-state index in [0.717, 1.165) is 16.5 Å². The Bertz CT molecular complexity index is 730. The van der Waals surface area contributed by atoms with Gasteiger partial charge in [-0.25, -0.2) is 4.79 Å². The minimum atomic E-state index is -0.829. The van der Waals surface area contributed by atoms with Crippen LogP contribution in [0.15, 0.2) is 30.5 Å². The number of hydrogen-bond donors (Lipinski definition) is 3. The van der Waals surface area contributed by atoms with Crippen molar-refractivity contribution in [2.75, 3.05) is 6.54 Å². The molecular formula is C19H26N2O4. The minimum Gasteiger partial charge on any atom is -0.481 e. The summed E-state index contributed by atoms with van der Waals surface area (Å²) in [5.74, 6) is -1.39. The van der Waals surface area contributed by atoms with E-state index in [1.54, 1.807) is 6.20 Å². The molecular weight excluding hydrogens is 320 g/mol. The molecule has 6 heteroatoms. The van der Waals surface area contributed by atoms with Gasteiger partial charge in [0.05, 0.1) is 5.92 Å². The van der Waals surface area contributed by atoms with Crippen LogP contribution < -0.4 is 5.32 Å². The molecule has 0 radical (unpaired) electrons. The fraction of sp³-hybridized carbons (Fsp3) is 0.474. The number of aliphatic carboxylic acids is 1. The van der Waals surface area contributed by atoms with E-state index >= 15 is 0 Å². The Morgan fingerprint density at radius 3 is 2.64 bits per heavy atom. The first-order chi connectivity index (χ1) is 11.8. The summed E-state index contributed by atoms with van der Waals surface area (Å²) < 4.78 is 5.16. The molecule has 2 rings (SSSR count). The molecule has 1 aromatic heterocycles. The van der Waals surface area contributed by atoms with Crippen molar-refractivity contribution in [1.82, 2.24) is 10.3 Å². The average Bonchev–Trinajstić information content (AvgIpc) is 2.92. The first-order valence-electron chi connectivity index (χ1n) is 8.53. The maximum atomic E-state index is 11.7. The first-order valence-corrected chi connectivity index (χ1v) is 8.53. The lowest BCUT2D eigenvalue weighted by Crippen LogP contribution is -2.33. The third-order valence-electron chi connectivity index (χ3n) is 3.88. The highest BCUT2D eigenvalue weighted by Gasteiger charge is 2.22. The number of aromatic amines is 1. The van der Waals surface area contributed by atoms with E-state index in [-0.39, 0.29) is 0 Å². The topological polar surface area (TPSA) is 91.4 Å². The zero-order valence-corrected chi connectivity index (χ0v) is 15.0. The van der Waals surface area contributed by atoms with E-state index in [1.165, 1.54) is 0 Å². The van der Waals surface area contributed by atoms with E-state index in [0.29, 0.717) is 25.8 Å². The van der Waals surface area contributed by atoms with E-state index < -0.39 is 23.6 Å². The Labute approximate surface area is 147 Å². The Kier molecular flexibility index (Phi) is 6.07. The predicted molar refractivity (Wildman–Crippen MR) is 96.8 cm³/mol. The second kappa shape index (κ2) is 8.05. The molecule has 0 bridgehead atoms. The summed E-state index contributed by atoms with van der Waals surface area (Å²) in [4.78, 5) is 26.4. The summed E-state index contributed by atoms with van der Waals surface area (Å²) in [7, 11) is 0. The van der Waals surface area contributed by atoms with Crippen molar-refractivity contribution >= 4 is 23.0 Å². The van der Waals surface area contributed by atoms with Crippen LogP contribution in [0.1, 0.15) is 51.5 Å². The maximum Gasteiger partial charge on any atom is 0.407 e. The molecule has 1 heterocycles. The van der Waals surface area contributed by atoms with Gasteiger partial charge in [-0.1, -0.05) is 24.6 Å². The van der Waals surface area contributed by atoms with Crippen molar-refractivity contribution in [2.45, 2.75) is 51.6 Å². The number of para-hydroxylation sites is 1. The number of unbranched alkanes of at least 4 members (excludes halogenated alkanes) is 1. The number of alkyl carbamates (subject to hydrolysis) is 1. The zero-order valence-electron chi connectivity index (χ0n) is 15.0. The molecule has 0 aliphatic carbocycles. The second-order valence-electron chi connectivity index (χ2n) is 7.10. The molecule has 1 aromatic carbocycles. The first kappa shape index (κ1) is 18.8. The number of ether oxygens (including phenoxy) is 1. The summed E-state index contributed by atoms with van der Waals surface area (Å²) >= 11 is 0. The molecule has 6 nitrogen and oxygen atoms in total. The third kappa shape index (κ3) is 5.52. The van der Waals surface area contributed by atoms with Crippen LogP contribution in [0.4, 0.5) is 4.79 Å². The van der Waals surface area contributed by atoms with E-state index in [9.17, 15) is 14.7 Å². The second-order valence-corrected chi connectivity index (χ2v) is 7.10. The van der Waals surface area contributed by atoms with Crippen molar-refractivity contribution in [3.05, 3.63) is 36.0 Å². The number of hydrogen-bond acceptors (Lipinski definition) is 3. The van der Waals surface area contributed by atoms with Gasteiger partial charge in [-0.3, -0.25) is 4.79 Å². The van der Waals surface area contributed by atoms with Crippen LogP contribution in [0.2, 0.25) is 0 Å². The van der Waals surface area contributed by atoms with Gasteiger partial charge in [-0.05, 0) is 45.2 Å². The van der Waals surface area contributed by atoms with E-state index in [4.69, 9.17) is 4.74 Å². The predicted octanol–water partition coefficient (Wildman–Crippen LogP) is 4.03. The van der Waals surface area contributed by atoms with E-state index in [2.05, 4.69) is 10.3 Å². The van der Waals surface area contributed by atoms with Gasteiger partial charge in [-0.2, -0.15) is 0 Å². The van der Waals surface area contributed by atoms with Gasteiger partial charge in [0.25, 0.3) is 0 Å². The van der Waals surface area contributed by atoms with Gasteiger partial charge in [0, 0.05) is 23.6 Å². The van der Waals surface area contributed by atoms with Crippen molar-refractivity contribution in [3.63, 3.8) is 0 Å². The minimum absolute atomic E-state index is 0.445. The number of carbonyl (C=O) groups is 2. The van der Waals surface area contributed by atoms with Crippen LogP contribution in [-0.4, -0.2) is 34.3 Å². The number of carboxylic acids is 1. The molecule has 1 atom stereocenters. The summed E-state index contributed by atoms with van der Waals surface area (Å²) in [6.45, 7) is 5.90. The number of aromatic nitrogens is 1. The molecule has 25 heavy (non-hydrogen) atoms. The maximum absolute atomic E-state index is 11.7. The smallest absolute Gasteiger partial charge is 0.407 e. The number of benzene rings is 1. The fourth-order valence-corrected chi connectivity index (χ4v) is 2.77. The molecule has 0 aliphatic rings. The molecule has 0 spiro atoms. The molecule has 0 saturated carbocycles. The van der Waals surface area contributed by atoms with Crippen LogP contribution in [-0.2, 0) is 9.53 Å². The zero-order chi connectivity index (χ0) is 18.4. The highest BCUT2D eigenvalue weighted by atomic mass is 16.6. The van der Waals surface area contributed by atoms with Crippen molar-refractivity contribution in [2.24, 2.45) is 0 Å². The van der Waals surface area contributed by atoms with Crippen LogP contribution in [0, 0.1) is 0 Å². The summed E-state index contributed by atoms with van der Waals surface area (Å²) in [5.41, 5.74) is 1.23. The molecule has 0 fully saturated rings. The Balaban J connectivity index is 1.85. The third-order valence-corrected chi connectivity index (χ3v) is 3.88. The molecule has 1 amide bonds.